The summed E-state index contributed by atoms with van der Waals surface area (Å²) in [6.45, 7) is 0.666. The number of hydrogen-bond acceptors (Lipinski definition) is 2. The summed E-state index contributed by atoms with van der Waals surface area (Å²) in [7, 11) is 1.28. The first kappa shape index (κ1) is 21.4. The smallest absolute Gasteiger partial charge is 0.205 e. The van der Waals surface area contributed by atoms with Gasteiger partial charge in [-0.25, -0.2) is 26.3 Å². The predicted molar refractivity (Wildman–Crippen MR) is 89.3 cm³/mol. The van der Waals surface area contributed by atoms with E-state index in [1.807, 2.05) is 0 Å². The molecule has 0 heterocycles. The van der Waals surface area contributed by atoms with Gasteiger partial charge in [0.25, 0.3) is 0 Å². The minimum Gasteiger partial charge on any atom is -0.497 e. The van der Waals surface area contributed by atoms with Crippen LogP contribution in [-0.4, -0.2) is 7.11 Å². The molecule has 0 spiro atoms. The van der Waals surface area contributed by atoms with Gasteiger partial charge >= 0.3 is 0 Å². The normalized spacial score (nSPS) is 11.0. The average molecular weight is 434 g/mol. The molecule has 2 nitrogen and oxygen atoms in total. The third-order valence-electron chi connectivity index (χ3n) is 4.22. The number of ether oxygens (including phenoxy) is 2. The molecule has 0 radical (unpaired) electrons. The number of halogens is 8. The SMILES string of the molecule is COc1cccc(Oc2c(F)c(F)c(-c3c(F)c(F)c(C)c(F)c3F)c(F)c2F)c1. The zero-order valence-corrected chi connectivity index (χ0v) is 15.1. The van der Waals surface area contributed by atoms with E-state index in [9.17, 15) is 35.1 Å². The molecular weight excluding hydrogens is 424 g/mol. The van der Waals surface area contributed by atoms with Crippen molar-refractivity contribution in [3.8, 4) is 28.4 Å². The highest BCUT2D eigenvalue weighted by atomic mass is 19.2. The van der Waals surface area contributed by atoms with Gasteiger partial charge in [0.2, 0.25) is 17.4 Å². The van der Waals surface area contributed by atoms with Gasteiger partial charge in [0, 0.05) is 11.6 Å². The average Bonchev–Trinajstić information content (AvgIpc) is 2.75. The van der Waals surface area contributed by atoms with Crippen LogP contribution in [0.2, 0.25) is 0 Å². The monoisotopic (exact) mass is 434 g/mol. The standard InChI is InChI=1S/C20H10F8O2/c1-7-12(21)14(23)10(15(24)13(7)22)11-16(25)18(27)20(19(28)17(11)26)30-9-5-3-4-8(6-9)29-2/h3-6H,1-2H3. The zero-order chi connectivity index (χ0) is 22.3. The first-order chi connectivity index (χ1) is 14.1. The fraction of sp³-hybridized carbons (Fsp3) is 0.100. The van der Waals surface area contributed by atoms with Gasteiger partial charge < -0.3 is 9.47 Å². The Morgan fingerprint density at radius 1 is 0.600 bits per heavy atom. The number of hydrogen-bond donors (Lipinski definition) is 0. The topological polar surface area (TPSA) is 18.5 Å². The van der Waals surface area contributed by atoms with E-state index >= 15 is 0 Å². The molecule has 3 rings (SSSR count). The molecule has 0 aliphatic heterocycles. The zero-order valence-electron chi connectivity index (χ0n) is 15.1. The van der Waals surface area contributed by atoms with Crippen molar-refractivity contribution in [1.29, 1.82) is 0 Å². The molecule has 0 saturated heterocycles. The van der Waals surface area contributed by atoms with E-state index in [4.69, 9.17) is 9.47 Å². The fourth-order valence-corrected chi connectivity index (χ4v) is 2.66. The second kappa shape index (κ2) is 7.85. The Bertz CT molecular complexity index is 1100. The van der Waals surface area contributed by atoms with Gasteiger partial charge in [0.15, 0.2) is 34.9 Å². The first-order valence-corrected chi connectivity index (χ1v) is 8.10. The molecule has 0 bridgehead atoms. The Morgan fingerprint density at radius 3 is 1.50 bits per heavy atom. The highest BCUT2D eigenvalue weighted by Crippen LogP contribution is 2.41. The van der Waals surface area contributed by atoms with E-state index in [1.54, 1.807) is 0 Å². The lowest BCUT2D eigenvalue weighted by Gasteiger charge is -2.15. The molecule has 3 aromatic rings. The van der Waals surface area contributed by atoms with E-state index < -0.39 is 69.0 Å². The fourth-order valence-electron chi connectivity index (χ4n) is 2.66. The summed E-state index contributed by atoms with van der Waals surface area (Å²) in [5.74, 6) is -19.0. The van der Waals surface area contributed by atoms with E-state index in [0.29, 0.717) is 6.92 Å². The summed E-state index contributed by atoms with van der Waals surface area (Å²) < 4.78 is 123. The van der Waals surface area contributed by atoms with Crippen molar-refractivity contribution in [2.45, 2.75) is 6.92 Å². The van der Waals surface area contributed by atoms with Crippen molar-refractivity contribution in [3.05, 3.63) is 76.4 Å². The summed E-state index contributed by atoms with van der Waals surface area (Å²) in [5, 5.41) is 0. The number of rotatable bonds is 4. The van der Waals surface area contributed by atoms with Gasteiger partial charge in [-0.3, -0.25) is 0 Å². The Morgan fingerprint density at radius 2 is 1.03 bits per heavy atom. The summed E-state index contributed by atoms with van der Waals surface area (Å²) in [6, 6.07) is 5.09. The minimum absolute atomic E-state index is 0.181. The molecule has 30 heavy (non-hydrogen) atoms. The maximum Gasteiger partial charge on any atom is 0.205 e. The molecule has 10 heteroatoms. The van der Waals surface area contributed by atoms with Crippen LogP contribution in [0, 0.1) is 53.5 Å². The lowest BCUT2D eigenvalue weighted by molar-refractivity contribution is 0.363. The van der Waals surface area contributed by atoms with Crippen LogP contribution in [-0.2, 0) is 0 Å². The molecule has 3 aromatic carbocycles. The highest BCUT2D eigenvalue weighted by molar-refractivity contribution is 5.69. The predicted octanol–water partition coefficient (Wildman–Crippen LogP) is 6.58. The van der Waals surface area contributed by atoms with Gasteiger partial charge in [-0.15, -0.1) is 0 Å². The van der Waals surface area contributed by atoms with Crippen LogP contribution in [0.25, 0.3) is 11.1 Å². The minimum atomic E-state index is -2.31. The van der Waals surface area contributed by atoms with Crippen molar-refractivity contribution >= 4 is 0 Å². The van der Waals surface area contributed by atoms with Crippen molar-refractivity contribution < 1.29 is 44.6 Å². The van der Waals surface area contributed by atoms with Gasteiger partial charge in [-0.05, 0) is 19.1 Å². The van der Waals surface area contributed by atoms with Gasteiger partial charge in [0.1, 0.15) is 11.5 Å². The van der Waals surface area contributed by atoms with E-state index in [1.165, 1.54) is 25.3 Å². The van der Waals surface area contributed by atoms with Crippen LogP contribution in [0.4, 0.5) is 35.1 Å². The number of benzene rings is 3. The van der Waals surface area contributed by atoms with Gasteiger partial charge in [-0.1, -0.05) is 6.07 Å². The number of methoxy groups -OCH3 is 1. The lowest BCUT2D eigenvalue weighted by Crippen LogP contribution is -2.09. The Balaban J connectivity index is 2.24. The maximum absolute atomic E-state index is 14.5. The molecule has 0 aliphatic carbocycles. The third-order valence-corrected chi connectivity index (χ3v) is 4.22. The van der Waals surface area contributed by atoms with E-state index in [0.717, 1.165) is 6.07 Å². The third kappa shape index (κ3) is 3.31. The highest BCUT2D eigenvalue weighted by Gasteiger charge is 2.34. The Labute approximate surface area is 164 Å². The largest absolute Gasteiger partial charge is 0.497 e. The molecule has 0 atom stereocenters. The second-order valence-electron chi connectivity index (χ2n) is 6.00. The quantitative estimate of drug-likeness (QED) is 0.341. The van der Waals surface area contributed by atoms with Crippen molar-refractivity contribution in [1.82, 2.24) is 0 Å². The summed E-state index contributed by atoms with van der Waals surface area (Å²) >= 11 is 0. The van der Waals surface area contributed by atoms with Crippen LogP contribution in [0.1, 0.15) is 5.56 Å². The molecule has 158 valence electrons. The first-order valence-electron chi connectivity index (χ1n) is 8.10. The van der Waals surface area contributed by atoms with E-state index in [2.05, 4.69) is 0 Å². The molecular formula is C20H10F8O2. The van der Waals surface area contributed by atoms with Crippen molar-refractivity contribution in [3.63, 3.8) is 0 Å². The molecule has 0 amide bonds. The van der Waals surface area contributed by atoms with Gasteiger partial charge in [-0.2, -0.15) is 8.78 Å². The molecule has 0 aromatic heterocycles. The summed E-state index contributed by atoms with van der Waals surface area (Å²) in [4.78, 5) is 0. The van der Waals surface area contributed by atoms with Crippen LogP contribution in [0.5, 0.6) is 17.2 Å². The molecule has 0 unspecified atom stereocenters. The van der Waals surface area contributed by atoms with Crippen molar-refractivity contribution in [2.75, 3.05) is 7.11 Å². The molecule has 0 fully saturated rings. The molecule has 0 aliphatic rings. The molecule has 0 N–H and O–H groups in total. The van der Waals surface area contributed by atoms with Crippen molar-refractivity contribution in [2.24, 2.45) is 0 Å². The molecule has 0 saturated carbocycles. The summed E-state index contributed by atoms with van der Waals surface area (Å²) in [6.07, 6.45) is 0. The maximum atomic E-state index is 14.5. The van der Waals surface area contributed by atoms with E-state index in [-0.39, 0.29) is 11.5 Å². The Kier molecular flexibility index (Phi) is 5.60. The van der Waals surface area contributed by atoms with Gasteiger partial charge in [0.05, 0.1) is 18.2 Å². The summed E-state index contributed by atoms with van der Waals surface area (Å²) in [5.41, 5.74) is -5.01. The lowest BCUT2D eigenvalue weighted by atomic mass is 9.99. The van der Waals surface area contributed by atoms with Crippen LogP contribution < -0.4 is 9.47 Å². The second-order valence-corrected chi connectivity index (χ2v) is 6.00. The Hall–Kier alpha value is -3.30. The van der Waals surface area contributed by atoms with Crippen LogP contribution in [0.3, 0.4) is 0 Å². The van der Waals surface area contributed by atoms with Crippen LogP contribution >= 0.6 is 0 Å². The van der Waals surface area contributed by atoms with Crippen LogP contribution in [0.15, 0.2) is 24.3 Å².